The average molecular weight is 247 g/mol. The highest BCUT2D eigenvalue weighted by atomic mass is 16.2. The van der Waals surface area contributed by atoms with Crippen molar-refractivity contribution >= 4 is 17.5 Å². The van der Waals surface area contributed by atoms with E-state index in [0.29, 0.717) is 24.2 Å². The van der Waals surface area contributed by atoms with Gasteiger partial charge in [0.25, 0.3) is 5.91 Å². The SMILES string of the molecule is CN(C)NC(=O)c1ccccc1N1CCCC1=O. The van der Waals surface area contributed by atoms with E-state index >= 15 is 0 Å². The molecule has 2 rings (SSSR count). The summed E-state index contributed by atoms with van der Waals surface area (Å²) >= 11 is 0. The van der Waals surface area contributed by atoms with Gasteiger partial charge in [0.05, 0.1) is 11.3 Å². The van der Waals surface area contributed by atoms with E-state index in [9.17, 15) is 9.59 Å². The second-order valence-electron chi connectivity index (χ2n) is 4.50. The van der Waals surface area contributed by atoms with Crippen LogP contribution in [0.2, 0.25) is 0 Å². The highest BCUT2D eigenvalue weighted by Crippen LogP contribution is 2.25. The molecule has 1 fully saturated rings. The van der Waals surface area contributed by atoms with E-state index < -0.39 is 0 Å². The molecule has 0 unspecified atom stereocenters. The van der Waals surface area contributed by atoms with Crippen LogP contribution in [-0.2, 0) is 4.79 Å². The lowest BCUT2D eigenvalue weighted by molar-refractivity contribution is -0.117. The predicted molar refractivity (Wildman–Crippen MR) is 69.2 cm³/mol. The highest BCUT2D eigenvalue weighted by Gasteiger charge is 2.25. The Bertz CT molecular complexity index is 471. The first-order valence-electron chi connectivity index (χ1n) is 5.97. The van der Waals surface area contributed by atoms with Crippen LogP contribution in [-0.4, -0.2) is 37.5 Å². The number of carbonyl (C=O) groups is 2. The summed E-state index contributed by atoms with van der Waals surface area (Å²) in [6.07, 6.45) is 1.41. The Hall–Kier alpha value is -1.88. The number of benzene rings is 1. The Balaban J connectivity index is 2.30. The zero-order chi connectivity index (χ0) is 13.1. The number of hydrogen-bond acceptors (Lipinski definition) is 3. The zero-order valence-corrected chi connectivity index (χ0v) is 10.6. The number of hydrogen-bond donors (Lipinski definition) is 1. The van der Waals surface area contributed by atoms with Crippen LogP contribution in [0.15, 0.2) is 24.3 Å². The number of carbonyl (C=O) groups excluding carboxylic acids is 2. The summed E-state index contributed by atoms with van der Waals surface area (Å²) in [5.41, 5.74) is 3.92. The second-order valence-corrected chi connectivity index (χ2v) is 4.50. The normalized spacial score (nSPS) is 15.3. The van der Waals surface area contributed by atoms with Crippen LogP contribution in [0.3, 0.4) is 0 Å². The number of amides is 2. The summed E-state index contributed by atoms with van der Waals surface area (Å²) in [6, 6.07) is 7.19. The lowest BCUT2D eigenvalue weighted by Gasteiger charge is -2.20. The summed E-state index contributed by atoms with van der Waals surface area (Å²) < 4.78 is 0. The van der Waals surface area contributed by atoms with Crippen molar-refractivity contribution in [1.82, 2.24) is 10.4 Å². The highest BCUT2D eigenvalue weighted by molar-refractivity contribution is 6.05. The predicted octanol–water partition coefficient (Wildman–Crippen LogP) is 1.02. The van der Waals surface area contributed by atoms with Gasteiger partial charge in [0.15, 0.2) is 0 Å². The molecule has 5 heteroatoms. The quantitative estimate of drug-likeness (QED) is 0.811. The lowest BCUT2D eigenvalue weighted by atomic mass is 10.1. The van der Waals surface area contributed by atoms with Crippen LogP contribution >= 0.6 is 0 Å². The smallest absolute Gasteiger partial charge is 0.267 e. The van der Waals surface area contributed by atoms with Gasteiger partial charge in [-0.25, -0.2) is 5.01 Å². The van der Waals surface area contributed by atoms with Crippen LogP contribution in [0.5, 0.6) is 0 Å². The Labute approximate surface area is 106 Å². The Morgan fingerprint density at radius 1 is 1.33 bits per heavy atom. The van der Waals surface area contributed by atoms with E-state index in [0.717, 1.165) is 6.42 Å². The fourth-order valence-corrected chi connectivity index (χ4v) is 2.07. The molecule has 0 aromatic heterocycles. The molecule has 1 aromatic carbocycles. The number of anilines is 1. The van der Waals surface area contributed by atoms with E-state index in [-0.39, 0.29) is 11.8 Å². The minimum atomic E-state index is -0.199. The molecule has 1 aliphatic heterocycles. The number of hydrazine groups is 1. The largest absolute Gasteiger partial charge is 0.312 e. The molecule has 1 N–H and O–H groups in total. The maximum atomic E-state index is 12.0. The summed E-state index contributed by atoms with van der Waals surface area (Å²) in [4.78, 5) is 25.5. The van der Waals surface area contributed by atoms with Crippen LogP contribution in [0.4, 0.5) is 5.69 Å². The minimum absolute atomic E-state index is 0.0834. The number of nitrogens with one attached hydrogen (secondary N) is 1. The number of rotatable bonds is 3. The molecule has 1 saturated heterocycles. The maximum absolute atomic E-state index is 12.0. The summed E-state index contributed by atoms with van der Waals surface area (Å²) in [6.45, 7) is 0.686. The zero-order valence-electron chi connectivity index (χ0n) is 10.6. The number of para-hydroxylation sites is 1. The molecule has 18 heavy (non-hydrogen) atoms. The van der Waals surface area contributed by atoms with E-state index in [1.165, 1.54) is 0 Å². The van der Waals surface area contributed by atoms with E-state index in [1.807, 2.05) is 12.1 Å². The first kappa shape index (κ1) is 12.6. The molecule has 2 amide bonds. The fraction of sp³-hybridized carbons (Fsp3) is 0.385. The standard InChI is InChI=1S/C13H17N3O2/c1-15(2)14-13(18)10-6-3-4-7-11(10)16-9-5-8-12(16)17/h3-4,6-7H,5,8-9H2,1-2H3,(H,14,18). The molecule has 0 spiro atoms. The van der Waals surface area contributed by atoms with Crippen molar-refractivity contribution < 1.29 is 9.59 Å². The van der Waals surface area contributed by atoms with Crippen molar-refractivity contribution in [3.8, 4) is 0 Å². The lowest BCUT2D eigenvalue weighted by Crippen LogP contribution is -2.37. The van der Waals surface area contributed by atoms with Crippen LogP contribution in [0.25, 0.3) is 0 Å². The van der Waals surface area contributed by atoms with Crippen LogP contribution in [0, 0.1) is 0 Å². The van der Waals surface area contributed by atoms with Gasteiger partial charge in [0.2, 0.25) is 5.91 Å². The van der Waals surface area contributed by atoms with Crippen molar-refractivity contribution in [2.45, 2.75) is 12.8 Å². The van der Waals surface area contributed by atoms with Crippen molar-refractivity contribution in [1.29, 1.82) is 0 Å². The first-order chi connectivity index (χ1) is 8.59. The summed E-state index contributed by atoms with van der Waals surface area (Å²) in [5.74, 6) is -0.115. The Morgan fingerprint density at radius 2 is 2.06 bits per heavy atom. The van der Waals surface area contributed by atoms with E-state index in [2.05, 4.69) is 5.43 Å². The molecule has 0 atom stereocenters. The van der Waals surface area contributed by atoms with Gasteiger partial charge < -0.3 is 4.90 Å². The molecular formula is C13H17N3O2. The second kappa shape index (κ2) is 5.18. The summed E-state index contributed by atoms with van der Waals surface area (Å²) in [7, 11) is 3.50. The van der Waals surface area contributed by atoms with E-state index in [1.54, 1.807) is 36.1 Å². The third-order valence-corrected chi connectivity index (χ3v) is 2.84. The molecule has 0 aliphatic carbocycles. The fourth-order valence-electron chi connectivity index (χ4n) is 2.07. The minimum Gasteiger partial charge on any atom is -0.312 e. The first-order valence-corrected chi connectivity index (χ1v) is 5.97. The molecule has 1 aromatic rings. The van der Waals surface area contributed by atoms with Crippen LogP contribution in [0.1, 0.15) is 23.2 Å². The topological polar surface area (TPSA) is 52.7 Å². The van der Waals surface area contributed by atoms with Crippen molar-refractivity contribution in [3.05, 3.63) is 29.8 Å². The van der Waals surface area contributed by atoms with Crippen molar-refractivity contribution in [2.75, 3.05) is 25.5 Å². The molecule has 0 saturated carbocycles. The van der Waals surface area contributed by atoms with Gasteiger partial charge in [-0.1, -0.05) is 12.1 Å². The van der Waals surface area contributed by atoms with Gasteiger partial charge in [-0.15, -0.1) is 0 Å². The molecular weight excluding hydrogens is 230 g/mol. The van der Waals surface area contributed by atoms with Gasteiger partial charge in [-0.3, -0.25) is 15.0 Å². The molecule has 1 aliphatic rings. The Kier molecular flexibility index (Phi) is 3.62. The molecule has 0 bridgehead atoms. The van der Waals surface area contributed by atoms with E-state index in [4.69, 9.17) is 0 Å². The monoisotopic (exact) mass is 247 g/mol. The van der Waals surface area contributed by atoms with Gasteiger partial charge >= 0.3 is 0 Å². The Morgan fingerprint density at radius 3 is 2.67 bits per heavy atom. The van der Waals surface area contributed by atoms with Crippen LogP contribution < -0.4 is 10.3 Å². The van der Waals surface area contributed by atoms with Crippen molar-refractivity contribution in [2.24, 2.45) is 0 Å². The maximum Gasteiger partial charge on any atom is 0.267 e. The van der Waals surface area contributed by atoms with Crippen molar-refractivity contribution in [3.63, 3.8) is 0 Å². The van der Waals surface area contributed by atoms with Gasteiger partial charge in [0, 0.05) is 27.1 Å². The molecule has 1 heterocycles. The van der Waals surface area contributed by atoms with Gasteiger partial charge in [-0.05, 0) is 18.6 Å². The molecule has 96 valence electrons. The molecule has 0 radical (unpaired) electrons. The number of nitrogens with zero attached hydrogens (tertiary/aromatic N) is 2. The summed E-state index contributed by atoms with van der Waals surface area (Å²) in [5, 5.41) is 1.59. The average Bonchev–Trinajstić information content (AvgIpc) is 2.74. The molecule has 5 nitrogen and oxygen atoms in total. The van der Waals surface area contributed by atoms with Gasteiger partial charge in [-0.2, -0.15) is 0 Å². The third kappa shape index (κ3) is 2.51. The van der Waals surface area contributed by atoms with Gasteiger partial charge in [0.1, 0.15) is 0 Å². The third-order valence-electron chi connectivity index (χ3n) is 2.84.